The number of nitrogens with zero attached hydrogens (tertiary/aromatic N) is 4. The van der Waals surface area contributed by atoms with Crippen molar-refractivity contribution in [1.82, 2.24) is 25.2 Å². The van der Waals surface area contributed by atoms with Gasteiger partial charge >= 0.3 is 0 Å². The zero-order chi connectivity index (χ0) is 23.7. The fraction of sp³-hybridized carbons (Fsp3) is 0.280. The maximum Gasteiger partial charge on any atom is 0.261 e. The minimum atomic E-state index is -0.579. The summed E-state index contributed by atoms with van der Waals surface area (Å²) >= 11 is 1.51. The molecule has 3 aliphatic rings. The van der Waals surface area contributed by atoms with Gasteiger partial charge in [-0.1, -0.05) is 6.07 Å². The molecule has 35 heavy (non-hydrogen) atoms. The summed E-state index contributed by atoms with van der Waals surface area (Å²) in [5, 5.41) is 5.31. The van der Waals surface area contributed by atoms with Gasteiger partial charge in [0.05, 0.1) is 27.7 Å². The van der Waals surface area contributed by atoms with E-state index in [-0.39, 0.29) is 22.2 Å². The maximum atomic E-state index is 15.2. The molecule has 3 aromatic heterocycles. The Kier molecular flexibility index (Phi) is 4.55. The van der Waals surface area contributed by atoms with Gasteiger partial charge in [-0.15, -0.1) is 11.3 Å². The lowest BCUT2D eigenvalue weighted by Crippen LogP contribution is -2.50. The van der Waals surface area contributed by atoms with Crippen molar-refractivity contribution in [2.45, 2.75) is 18.9 Å². The number of amides is 2. The maximum absolute atomic E-state index is 15.2. The van der Waals surface area contributed by atoms with E-state index in [0.717, 1.165) is 42.8 Å². The quantitative estimate of drug-likeness (QED) is 0.431. The number of halogens is 1. The van der Waals surface area contributed by atoms with Gasteiger partial charge in [0.25, 0.3) is 11.8 Å². The lowest BCUT2D eigenvalue weighted by molar-refractivity contribution is -0.122. The molecule has 1 atom stereocenters. The lowest BCUT2D eigenvalue weighted by Gasteiger charge is -2.37. The van der Waals surface area contributed by atoms with Crippen molar-refractivity contribution < 1.29 is 14.0 Å². The molecular formula is C25H21FN6O2S. The second kappa shape index (κ2) is 7.69. The molecule has 0 aliphatic carbocycles. The lowest BCUT2D eigenvalue weighted by atomic mass is 9.97. The third-order valence-corrected chi connectivity index (χ3v) is 8.12. The van der Waals surface area contributed by atoms with Crippen molar-refractivity contribution in [3.05, 3.63) is 52.9 Å². The van der Waals surface area contributed by atoms with Crippen LogP contribution in [0.25, 0.3) is 32.3 Å². The Morgan fingerprint density at radius 3 is 2.86 bits per heavy atom. The first-order valence-electron chi connectivity index (χ1n) is 11.7. The van der Waals surface area contributed by atoms with Gasteiger partial charge in [0.15, 0.2) is 0 Å². The summed E-state index contributed by atoms with van der Waals surface area (Å²) in [6.07, 6.45) is 4.02. The number of fused-ring (bicyclic) bond motifs is 3. The Morgan fingerprint density at radius 1 is 1.06 bits per heavy atom. The molecule has 4 aromatic rings. The summed E-state index contributed by atoms with van der Waals surface area (Å²) in [6.45, 7) is 3.56. The topological polar surface area (TPSA) is 94.2 Å². The van der Waals surface area contributed by atoms with E-state index in [2.05, 4.69) is 20.1 Å². The Bertz CT molecular complexity index is 1570. The van der Waals surface area contributed by atoms with Crippen LogP contribution in [0.2, 0.25) is 0 Å². The number of carbonyl (C=O) groups is 2. The van der Waals surface area contributed by atoms with Gasteiger partial charge in [-0.2, -0.15) is 0 Å². The van der Waals surface area contributed by atoms with Gasteiger partial charge in [0.2, 0.25) is 5.95 Å². The van der Waals surface area contributed by atoms with Crippen LogP contribution in [0.4, 0.5) is 10.3 Å². The van der Waals surface area contributed by atoms with Gasteiger partial charge < -0.3 is 9.88 Å². The number of nitrogens with one attached hydrogen (secondary N) is 2. The summed E-state index contributed by atoms with van der Waals surface area (Å²) in [5.74, 6) is -1.16. The van der Waals surface area contributed by atoms with Crippen molar-refractivity contribution >= 4 is 61.4 Å². The zero-order valence-corrected chi connectivity index (χ0v) is 19.5. The number of piperazine rings is 1. The zero-order valence-electron chi connectivity index (χ0n) is 18.7. The van der Waals surface area contributed by atoms with Crippen LogP contribution in [-0.2, 0) is 9.59 Å². The molecule has 176 valence electrons. The summed E-state index contributed by atoms with van der Waals surface area (Å²) in [6, 6.07) is 6.99. The fourth-order valence-electron chi connectivity index (χ4n) is 5.62. The molecule has 8 nitrogen and oxygen atoms in total. The number of imide groups is 1. The van der Waals surface area contributed by atoms with Crippen LogP contribution in [0.15, 0.2) is 35.8 Å². The van der Waals surface area contributed by atoms with Gasteiger partial charge in [-0.05, 0) is 43.0 Å². The standard InChI is InChI=1S/C25H21FN6O2S/c26-16-4-1-5-17-19(16)21(29-25(28-17)32-9-8-31-7-2-3-13(31)12-32)20-18(22(33)30-23(20)34)15-11-27-24-14(15)6-10-35-24/h1,4-6,10-11,13,27H,2-3,7-9,12H2,(H,30,33,34)/t13-/m1/s1. The van der Waals surface area contributed by atoms with Crippen molar-refractivity contribution in [1.29, 1.82) is 0 Å². The van der Waals surface area contributed by atoms with E-state index in [1.165, 1.54) is 23.8 Å². The molecule has 0 radical (unpaired) electrons. The first kappa shape index (κ1) is 20.7. The number of aromatic nitrogens is 3. The van der Waals surface area contributed by atoms with Crippen molar-refractivity contribution in [2.75, 3.05) is 31.1 Å². The molecule has 0 bridgehead atoms. The van der Waals surface area contributed by atoms with E-state index in [9.17, 15) is 9.59 Å². The van der Waals surface area contributed by atoms with Gasteiger partial charge in [0.1, 0.15) is 10.6 Å². The van der Waals surface area contributed by atoms with E-state index in [1.807, 2.05) is 11.4 Å². The normalized spacial score (nSPS) is 20.9. The molecule has 2 amide bonds. The molecule has 0 unspecified atom stereocenters. The molecule has 2 fully saturated rings. The average Bonchev–Trinajstić information content (AvgIpc) is 3.62. The molecular weight excluding hydrogens is 467 g/mol. The van der Waals surface area contributed by atoms with E-state index in [4.69, 9.17) is 9.97 Å². The third-order valence-electron chi connectivity index (χ3n) is 7.27. The number of hydrogen-bond donors (Lipinski definition) is 2. The van der Waals surface area contributed by atoms with Gasteiger partial charge in [-0.25, -0.2) is 14.4 Å². The van der Waals surface area contributed by atoms with Crippen molar-refractivity contribution in [3.63, 3.8) is 0 Å². The molecule has 2 saturated heterocycles. The summed E-state index contributed by atoms with van der Waals surface area (Å²) < 4.78 is 15.2. The first-order valence-corrected chi connectivity index (χ1v) is 12.6. The highest BCUT2D eigenvalue weighted by atomic mass is 32.1. The monoisotopic (exact) mass is 488 g/mol. The number of rotatable bonds is 3. The predicted octanol–water partition coefficient (Wildman–Crippen LogP) is 3.16. The smallest absolute Gasteiger partial charge is 0.261 e. The minimum absolute atomic E-state index is 0.0837. The molecule has 6 heterocycles. The number of thiophene rings is 1. The molecule has 10 heteroatoms. The highest BCUT2D eigenvalue weighted by molar-refractivity contribution is 7.16. The number of aromatic amines is 1. The first-order chi connectivity index (χ1) is 17.1. The van der Waals surface area contributed by atoms with Crippen LogP contribution in [0, 0.1) is 5.82 Å². The van der Waals surface area contributed by atoms with E-state index in [1.54, 1.807) is 18.3 Å². The third kappa shape index (κ3) is 3.13. The summed E-state index contributed by atoms with van der Waals surface area (Å²) in [4.78, 5) is 44.3. The average molecular weight is 489 g/mol. The summed E-state index contributed by atoms with van der Waals surface area (Å²) in [7, 11) is 0. The summed E-state index contributed by atoms with van der Waals surface area (Å²) in [5.41, 5.74) is 1.45. The highest BCUT2D eigenvalue weighted by Gasteiger charge is 2.37. The molecule has 0 spiro atoms. The molecule has 7 rings (SSSR count). The van der Waals surface area contributed by atoms with Crippen LogP contribution < -0.4 is 10.2 Å². The Labute approximate surface area is 203 Å². The van der Waals surface area contributed by atoms with Crippen LogP contribution in [0.3, 0.4) is 0 Å². The molecule has 0 saturated carbocycles. The number of H-pyrrole nitrogens is 1. The van der Waals surface area contributed by atoms with E-state index < -0.39 is 17.6 Å². The second-order valence-corrected chi connectivity index (χ2v) is 10.1. The van der Waals surface area contributed by atoms with Crippen LogP contribution in [-0.4, -0.2) is 63.9 Å². The number of hydrogen-bond acceptors (Lipinski definition) is 7. The van der Waals surface area contributed by atoms with Crippen LogP contribution >= 0.6 is 11.3 Å². The highest BCUT2D eigenvalue weighted by Crippen LogP contribution is 2.39. The Hall–Kier alpha value is -3.63. The number of carbonyl (C=O) groups excluding carboxylic acids is 2. The predicted molar refractivity (Wildman–Crippen MR) is 132 cm³/mol. The molecule has 3 aliphatic heterocycles. The number of benzene rings is 1. The van der Waals surface area contributed by atoms with Crippen LogP contribution in [0.1, 0.15) is 24.1 Å². The Morgan fingerprint density at radius 2 is 1.94 bits per heavy atom. The van der Waals surface area contributed by atoms with Crippen molar-refractivity contribution in [2.24, 2.45) is 0 Å². The number of anilines is 1. The molecule has 1 aromatic carbocycles. The SMILES string of the molecule is O=C1NC(=O)C(c2nc(N3CCN4CCC[C@@H]4C3)nc3cccc(F)c23)=C1c1c[nH]c2sccc12. The molecule has 2 N–H and O–H groups in total. The van der Waals surface area contributed by atoms with Gasteiger partial charge in [0, 0.05) is 42.8 Å². The fourth-order valence-corrected chi connectivity index (χ4v) is 6.39. The van der Waals surface area contributed by atoms with Gasteiger partial charge in [-0.3, -0.25) is 19.8 Å². The second-order valence-electron chi connectivity index (χ2n) is 9.18. The Balaban J connectivity index is 1.46. The minimum Gasteiger partial charge on any atom is -0.352 e. The van der Waals surface area contributed by atoms with Crippen LogP contribution in [0.5, 0.6) is 0 Å². The largest absolute Gasteiger partial charge is 0.352 e. The van der Waals surface area contributed by atoms with Crippen molar-refractivity contribution in [3.8, 4) is 0 Å². The van der Waals surface area contributed by atoms with E-state index in [0.29, 0.717) is 23.1 Å². The van der Waals surface area contributed by atoms with E-state index >= 15 is 4.39 Å².